The normalized spacial score (nSPS) is 18.1. The molecule has 3 rings (SSSR count). The Balaban J connectivity index is 1.76. The number of hydrogen-bond donors (Lipinski definition) is 1. The fraction of sp³-hybridized carbons (Fsp3) is 0.391. The largest absolute Gasteiger partial charge is 0.496 e. The van der Waals surface area contributed by atoms with Gasteiger partial charge < -0.3 is 9.64 Å². The van der Waals surface area contributed by atoms with Gasteiger partial charge in [0, 0.05) is 18.3 Å². The van der Waals surface area contributed by atoms with Crippen molar-refractivity contribution in [3.05, 3.63) is 58.7 Å². The summed E-state index contributed by atoms with van der Waals surface area (Å²) < 4.78 is 5.30. The van der Waals surface area contributed by atoms with E-state index in [0.29, 0.717) is 17.2 Å². The van der Waals surface area contributed by atoms with Gasteiger partial charge in [-0.2, -0.15) is 5.10 Å². The van der Waals surface area contributed by atoms with Crippen LogP contribution in [-0.2, 0) is 0 Å². The van der Waals surface area contributed by atoms with Crippen LogP contribution in [0.1, 0.15) is 60.2 Å². The van der Waals surface area contributed by atoms with Crippen LogP contribution >= 0.6 is 0 Å². The van der Waals surface area contributed by atoms with E-state index in [9.17, 15) is 4.79 Å². The number of carbonyl (C=O) groups excluding carboxylic acids is 1. The maximum Gasteiger partial charge on any atom is 0.275 e. The minimum atomic E-state index is -0.291. The summed E-state index contributed by atoms with van der Waals surface area (Å²) >= 11 is 0. The number of rotatable bonds is 4. The zero-order chi connectivity index (χ0) is 20.5. The molecule has 1 aliphatic rings. The summed E-state index contributed by atoms with van der Waals surface area (Å²) in [5.74, 6) is 0.725. The Kier molecular flexibility index (Phi) is 5.45. The molecule has 0 saturated carbocycles. The third-order valence-corrected chi connectivity index (χ3v) is 5.64. The Hall–Kier alpha value is -2.82. The van der Waals surface area contributed by atoms with Crippen LogP contribution in [-0.4, -0.2) is 31.8 Å². The zero-order valence-electron chi connectivity index (χ0n) is 17.5. The summed E-state index contributed by atoms with van der Waals surface area (Å²) in [5.41, 5.74) is 7.78. The highest BCUT2D eigenvalue weighted by Crippen LogP contribution is 2.42. The lowest BCUT2D eigenvalue weighted by Gasteiger charge is -2.45. The monoisotopic (exact) mass is 379 g/mol. The van der Waals surface area contributed by atoms with Crippen molar-refractivity contribution in [1.82, 2.24) is 5.43 Å². The quantitative estimate of drug-likeness (QED) is 0.629. The van der Waals surface area contributed by atoms with Crippen molar-refractivity contribution in [3.63, 3.8) is 0 Å². The summed E-state index contributed by atoms with van der Waals surface area (Å²) in [7, 11) is 3.70. The first-order chi connectivity index (χ1) is 13.2. The van der Waals surface area contributed by atoms with Crippen LogP contribution in [0, 0.1) is 6.92 Å². The predicted octanol–water partition coefficient (Wildman–Crippen LogP) is 4.49. The lowest BCUT2D eigenvalue weighted by molar-refractivity contribution is 0.0952. The molecule has 0 radical (unpaired) electrons. The molecule has 1 heterocycles. The second kappa shape index (κ2) is 7.66. The van der Waals surface area contributed by atoms with E-state index in [-0.39, 0.29) is 11.4 Å². The number of nitrogens with zero attached hydrogens (tertiary/aromatic N) is 2. The highest BCUT2D eigenvalue weighted by molar-refractivity contribution is 5.97. The molecule has 0 aliphatic carbocycles. The number of fused-ring (bicyclic) bond motifs is 1. The van der Waals surface area contributed by atoms with Crippen molar-refractivity contribution in [2.75, 3.05) is 19.1 Å². The fourth-order valence-electron chi connectivity index (χ4n) is 3.89. The molecule has 1 unspecified atom stereocenters. The van der Waals surface area contributed by atoms with Crippen molar-refractivity contribution < 1.29 is 9.53 Å². The highest BCUT2D eigenvalue weighted by Gasteiger charge is 2.33. The lowest BCUT2D eigenvalue weighted by atomic mass is 9.80. The van der Waals surface area contributed by atoms with Gasteiger partial charge in [-0.05, 0) is 74.1 Å². The second-order valence-electron chi connectivity index (χ2n) is 8.20. The standard InChI is InChI=1S/C23H29N3O2/c1-15-7-9-18(21(11-15)28-6)22(27)25-24-14-17-8-10-20-19(12-17)16(2)13-23(3,4)26(20)5/h7-12,14,16H,13H2,1-6H3,(H,25,27)/b24-14+. The second-order valence-corrected chi connectivity index (χ2v) is 8.20. The van der Waals surface area contributed by atoms with Crippen LogP contribution in [0.4, 0.5) is 5.69 Å². The van der Waals surface area contributed by atoms with Crippen molar-refractivity contribution >= 4 is 17.8 Å². The molecule has 1 aliphatic heterocycles. The molecule has 5 heteroatoms. The van der Waals surface area contributed by atoms with Gasteiger partial charge in [-0.15, -0.1) is 0 Å². The van der Waals surface area contributed by atoms with Crippen LogP contribution < -0.4 is 15.1 Å². The van der Waals surface area contributed by atoms with Gasteiger partial charge in [0.05, 0.1) is 18.9 Å². The van der Waals surface area contributed by atoms with Gasteiger partial charge in [0.2, 0.25) is 0 Å². The molecule has 0 aromatic heterocycles. The number of nitrogens with one attached hydrogen (secondary N) is 1. The summed E-state index contributed by atoms with van der Waals surface area (Å²) in [4.78, 5) is 14.8. The Labute approximate surface area is 167 Å². The van der Waals surface area contributed by atoms with Crippen LogP contribution in [0.3, 0.4) is 0 Å². The van der Waals surface area contributed by atoms with Crippen molar-refractivity contribution in [2.24, 2.45) is 5.10 Å². The maximum atomic E-state index is 12.4. The topological polar surface area (TPSA) is 53.9 Å². The molecule has 1 atom stereocenters. The summed E-state index contributed by atoms with van der Waals surface area (Å²) in [6.45, 7) is 8.77. The minimum Gasteiger partial charge on any atom is -0.496 e. The van der Waals surface area contributed by atoms with E-state index in [1.165, 1.54) is 11.3 Å². The molecule has 28 heavy (non-hydrogen) atoms. The van der Waals surface area contributed by atoms with E-state index in [1.54, 1.807) is 19.4 Å². The van der Waals surface area contributed by atoms with Crippen LogP contribution in [0.15, 0.2) is 41.5 Å². The molecule has 148 valence electrons. The van der Waals surface area contributed by atoms with Crippen molar-refractivity contribution in [1.29, 1.82) is 0 Å². The van der Waals surface area contributed by atoms with E-state index in [0.717, 1.165) is 17.5 Å². The maximum absolute atomic E-state index is 12.4. The van der Waals surface area contributed by atoms with Crippen molar-refractivity contribution in [3.8, 4) is 5.75 Å². The number of benzene rings is 2. The van der Waals surface area contributed by atoms with Gasteiger partial charge in [0.15, 0.2) is 0 Å². The molecule has 0 bridgehead atoms. The van der Waals surface area contributed by atoms with E-state index >= 15 is 0 Å². The first-order valence-electron chi connectivity index (χ1n) is 9.59. The number of ether oxygens (including phenoxy) is 1. The number of methoxy groups -OCH3 is 1. The first kappa shape index (κ1) is 19.9. The Morgan fingerprint density at radius 3 is 2.75 bits per heavy atom. The molecule has 2 aromatic rings. The number of aryl methyl sites for hydroxylation is 1. The molecule has 2 aromatic carbocycles. The summed E-state index contributed by atoms with van der Waals surface area (Å²) in [6, 6.07) is 11.8. The Morgan fingerprint density at radius 1 is 1.29 bits per heavy atom. The van der Waals surface area contributed by atoms with Crippen LogP contribution in [0.2, 0.25) is 0 Å². The molecule has 1 N–H and O–H groups in total. The average molecular weight is 380 g/mol. The summed E-state index contributed by atoms with van der Waals surface area (Å²) in [6.07, 6.45) is 2.78. The number of hydrogen-bond acceptors (Lipinski definition) is 4. The SMILES string of the molecule is COc1cc(C)ccc1C(=O)N/N=C/c1ccc2c(c1)C(C)CC(C)(C)N2C. The van der Waals surface area contributed by atoms with Crippen molar-refractivity contribution in [2.45, 2.75) is 45.6 Å². The predicted molar refractivity (Wildman–Crippen MR) is 115 cm³/mol. The zero-order valence-corrected chi connectivity index (χ0v) is 17.5. The van der Waals surface area contributed by atoms with E-state index in [1.807, 2.05) is 25.1 Å². The van der Waals surface area contributed by atoms with E-state index in [2.05, 4.69) is 55.4 Å². The smallest absolute Gasteiger partial charge is 0.275 e. The van der Waals surface area contributed by atoms with Gasteiger partial charge in [-0.25, -0.2) is 5.43 Å². The molecule has 1 amide bonds. The average Bonchev–Trinajstić information content (AvgIpc) is 2.65. The minimum absolute atomic E-state index is 0.142. The van der Waals surface area contributed by atoms with Gasteiger partial charge in [-0.1, -0.05) is 19.1 Å². The third kappa shape index (κ3) is 3.88. The Bertz CT molecular complexity index is 918. The number of anilines is 1. The molecular weight excluding hydrogens is 350 g/mol. The third-order valence-electron chi connectivity index (χ3n) is 5.64. The number of carbonyl (C=O) groups is 1. The lowest BCUT2D eigenvalue weighted by Crippen LogP contribution is -2.45. The number of amides is 1. The van der Waals surface area contributed by atoms with Crippen LogP contribution in [0.5, 0.6) is 5.75 Å². The van der Waals surface area contributed by atoms with Gasteiger partial charge in [0.25, 0.3) is 5.91 Å². The molecule has 0 fully saturated rings. The Morgan fingerprint density at radius 2 is 2.04 bits per heavy atom. The highest BCUT2D eigenvalue weighted by atomic mass is 16.5. The molecule has 0 saturated heterocycles. The van der Waals surface area contributed by atoms with Gasteiger partial charge in [0.1, 0.15) is 5.75 Å². The first-order valence-corrected chi connectivity index (χ1v) is 9.59. The van der Waals surface area contributed by atoms with Gasteiger partial charge in [-0.3, -0.25) is 4.79 Å². The fourth-order valence-corrected chi connectivity index (χ4v) is 3.89. The summed E-state index contributed by atoms with van der Waals surface area (Å²) in [5, 5.41) is 4.14. The van der Waals surface area contributed by atoms with E-state index in [4.69, 9.17) is 4.74 Å². The van der Waals surface area contributed by atoms with E-state index < -0.39 is 0 Å². The molecule has 5 nitrogen and oxygen atoms in total. The van der Waals surface area contributed by atoms with Gasteiger partial charge >= 0.3 is 0 Å². The molecule has 0 spiro atoms. The van der Waals surface area contributed by atoms with Crippen LogP contribution in [0.25, 0.3) is 0 Å². The molecular formula is C23H29N3O2. The number of hydrazone groups is 1.